The number of amides is 1. The van der Waals surface area contributed by atoms with Crippen molar-refractivity contribution < 1.29 is 28.2 Å². The zero-order chi connectivity index (χ0) is 16.8. The van der Waals surface area contributed by atoms with Gasteiger partial charge >= 0.3 is 5.97 Å². The molecule has 2 rings (SSSR count). The van der Waals surface area contributed by atoms with Crippen molar-refractivity contribution in [2.24, 2.45) is 5.92 Å². The highest BCUT2D eigenvalue weighted by Gasteiger charge is 2.33. The van der Waals surface area contributed by atoms with Crippen LogP contribution in [0.1, 0.15) is 32.1 Å². The maximum Gasteiger partial charge on any atom is 0.308 e. The molecule has 5 nitrogen and oxygen atoms in total. The van der Waals surface area contributed by atoms with Gasteiger partial charge in [0.25, 0.3) is 0 Å². The molecule has 126 valence electrons. The van der Waals surface area contributed by atoms with E-state index >= 15 is 0 Å². The number of halogens is 2. The summed E-state index contributed by atoms with van der Waals surface area (Å²) in [7, 11) is 0. The van der Waals surface area contributed by atoms with E-state index in [4.69, 9.17) is 9.84 Å². The van der Waals surface area contributed by atoms with E-state index in [0.717, 1.165) is 18.6 Å². The minimum Gasteiger partial charge on any atom is -0.491 e. The van der Waals surface area contributed by atoms with E-state index in [1.54, 1.807) is 0 Å². The van der Waals surface area contributed by atoms with Gasteiger partial charge in [-0.3, -0.25) is 9.59 Å². The standard InChI is InChI=1S/C16H19F2NO4/c17-10-6-7-14(12(18)9-10)23-8-2-5-15(20)19-13-4-1-3-11(13)16(21)22/h6-7,9,11,13H,1-5,8H2,(H,19,20)(H,21,22)/t11-,13+/m1/s1. The fourth-order valence-corrected chi connectivity index (χ4v) is 2.71. The number of carbonyl (C=O) groups is 2. The molecule has 7 heteroatoms. The first-order valence-electron chi connectivity index (χ1n) is 7.57. The number of carboxylic acids is 1. The van der Waals surface area contributed by atoms with E-state index in [1.807, 2.05) is 0 Å². The van der Waals surface area contributed by atoms with E-state index < -0.39 is 23.5 Å². The second kappa shape index (κ2) is 7.89. The Morgan fingerprint density at radius 2 is 2.09 bits per heavy atom. The summed E-state index contributed by atoms with van der Waals surface area (Å²) in [6.07, 6.45) is 2.54. The highest BCUT2D eigenvalue weighted by Crippen LogP contribution is 2.26. The molecule has 1 saturated carbocycles. The van der Waals surface area contributed by atoms with Crippen LogP contribution in [0.3, 0.4) is 0 Å². The molecule has 2 N–H and O–H groups in total. The van der Waals surface area contributed by atoms with Crippen molar-refractivity contribution in [2.45, 2.75) is 38.1 Å². The van der Waals surface area contributed by atoms with Crippen molar-refractivity contribution in [3.8, 4) is 5.75 Å². The van der Waals surface area contributed by atoms with Crippen LogP contribution >= 0.6 is 0 Å². The topological polar surface area (TPSA) is 75.6 Å². The average molecular weight is 327 g/mol. The summed E-state index contributed by atoms with van der Waals surface area (Å²) in [5.74, 6) is -3.19. The smallest absolute Gasteiger partial charge is 0.308 e. The number of ether oxygens (including phenoxy) is 1. The number of benzene rings is 1. The number of rotatable bonds is 7. The lowest BCUT2D eigenvalue weighted by molar-refractivity contribution is -0.142. The van der Waals surface area contributed by atoms with Gasteiger partial charge in [0.1, 0.15) is 5.82 Å². The summed E-state index contributed by atoms with van der Waals surface area (Å²) in [4.78, 5) is 22.8. The third-order valence-corrected chi connectivity index (χ3v) is 3.88. The first-order valence-corrected chi connectivity index (χ1v) is 7.57. The van der Waals surface area contributed by atoms with Gasteiger partial charge in [0, 0.05) is 18.5 Å². The average Bonchev–Trinajstić information content (AvgIpc) is 2.93. The SMILES string of the molecule is O=C(CCCOc1ccc(F)cc1F)N[C@H]1CCC[C@H]1C(=O)O. The van der Waals surface area contributed by atoms with Crippen molar-refractivity contribution in [3.63, 3.8) is 0 Å². The van der Waals surface area contributed by atoms with Gasteiger partial charge in [-0.25, -0.2) is 8.78 Å². The molecular formula is C16H19F2NO4. The van der Waals surface area contributed by atoms with Gasteiger partial charge in [-0.1, -0.05) is 6.42 Å². The van der Waals surface area contributed by atoms with Crippen LogP contribution in [0.2, 0.25) is 0 Å². The molecule has 0 bridgehead atoms. The lowest BCUT2D eigenvalue weighted by atomic mass is 10.0. The second-order valence-electron chi connectivity index (χ2n) is 5.58. The van der Waals surface area contributed by atoms with Gasteiger partial charge in [0.15, 0.2) is 11.6 Å². The fourth-order valence-electron chi connectivity index (χ4n) is 2.71. The Labute approximate surface area is 132 Å². The van der Waals surface area contributed by atoms with Gasteiger partial charge in [-0.15, -0.1) is 0 Å². The molecule has 1 aliphatic rings. The monoisotopic (exact) mass is 327 g/mol. The largest absolute Gasteiger partial charge is 0.491 e. The van der Waals surface area contributed by atoms with E-state index in [9.17, 15) is 18.4 Å². The fraction of sp³-hybridized carbons (Fsp3) is 0.500. The van der Waals surface area contributed by atoms with E-state index in [0.29, 0.717) is 19.3 Å². The van der Waals surface area contributed by atoms with Gasteiger partial charge in [-0.05, 0) is 31.4 Å². The Morgan fingerprint density at radius 3 is 2.78 bits per heavy atom. The van der Waals surface area contributed by atoms with E-state index in [1.165, 1.54) is 6.07 Å². The highest BCUT2D eigenvalue weighted by atomic mass is 19.1. The maximum absolute atomic E-state index is 13.3. The van der Waals surface area contributed by atoms with Crippen LogP contribution in [0.25, 0.3) is 0 Å². The van der Waals surface area contributed by atoms with Crippen LogP contribution in [-0.4, -0.2) is 29.6 Å². The second-order valence-corrected chi connectivity index (χ2v) is 5.58. The summed E-state index contributed by atoms with van der Waals surface area (Å²) < 4.78 is 31.2. The Hall–Kier alpha value is -2.18. The van der Waals surface area contributed by atoms with Crippen molar-refractivity contribution in [1.29, 1.82) is 0 Å². The van der Waals surface area contributed by atoms with Crippen LogP contribution in [0.15, 0.2) is 18.2 Å². The minimum absolute atomic E-state index is 0.0615. The zero-order valence-corrected chi connectivity index (χ0v) is 12.6. The lowest BCUT2D eigenvalue weighted by Crippen LogP contribution is -2.40. The van der Waals surface area contributed by atoms with Crippen molar-refractivity contribution >= 4 is 11.9 Å². The molecule has 0 saturated heterocycles. The Morgan fingerprint density at radius 1 is 1.30 bits per heavy atom. The van der Waals surface area contributed by atoms with E-state index in [2.05, 4.69) is 5.32 Å². The van der Waals surface area contributed by atoms with Crippen LogP contribution in [0.5, 0.6) is 5.75 Å². The van der Waals surface area contributed by atoms with Crippen LogP contribution in [0, 0.1) is 17.6 Å². The van der Waals surface area contributed by atoms with Crippen molar-refractivity contribution in [1.82, 2.24) is 5.32 Å². The van der Waals surface area contributed by atoms with Crippen molar-refractivity contribution in [3.05, 3.63) is 29.8 Å². The minimum atomic E-state index is -0.886. The number of hydrogen-bond donors (Lipinski definition) is 2. The van der Waals surface area contributed by atoms with Crippen LogP contribution in [-0.2, 0) is 9.59 Å². The molecule has 0 heterocycles. The first kappa shape index (κ1) is 17.2. The predicted molar refractivity (Wildman–Crippen MR) is 78.0 cm³/mol. The maximum atomic E-state index is 13.3. The summed E-state index contributed by atoms with van der Waals surface area (Å²) in [6, 6.07) is 2.70. The van der Waals surface area contributed by atoms with Gasteiger partial charge in [-0.2, -0.15) is 0 Å². The summed E-state index contributed by atoms with van der Waals surface area (Å²) in [6.45, 7) is 0.114. The summed E-state index contributed by atoms with van der Waals surface area (Å²) in [5, 5.41) is 11.8. The number of carboxylic acid groups (broad SMARTS) is 1. The molecule has 0 radical (unpaired) electrons. The molecule has 2 atom stereocenters. The Bertz CT molecular complexity index is 579. The van der Waals surface area contributed by atoms with Gasteiger partial charge in [0.2, 0.25) is 5.91 Å². The third-order valence-electron chi connectivity index (χ3n) is 3.88. The predicted octanol–water partition coefficient (Wildman–Crippen LogP) is 2.49. The van der Waals surface area contributed by atoms with Crippen molar-refractivity contribution in [2.75, 3.05) is 6.61 Å². The quantitative estimate of drug-likeness (QED) is 0.755. The van der Waals surface area contributed by atoms with Crippen LogP contribution < -0.4 is 10.1 Å². The Kier molecular flexibility index (Phi) is 5.90. The molecule has 1 fully saturated rings. The van der Waals surface area contributed by atoms with Gasteiger partial charge < -0.3 is 15.2 Å². The molecule has 0 aromatic heterocycles. The molecular weight excluding hydrogens is 308 g/mol. The molecule has 1 aromatic rings. The van der Waals surface area contributed by atoms with E-state index in [-0.39, 0.29) is 30.7 Å². The number of aliphatic carboxylic acids is 1. The molecule has 0 spiro atoms. The number of nitrogens with one attached hydrogen (secondary N) is 1. The molecule has 1 amide bonds. The molecule has 23 heavy (non-hydrogen) atoms. The number of carbonyl (C=O) groups excluding carboxylic acids is 1. The van der Waals surface area contributed by atoms with Gasteiger partial charge in [0.05, 0.1) is 12.5 Å². The third kappa shape index (κ3) is 4.91. The Balaban J connectivity index is 1.69. The zero-order valence-electron chi connectivity index (χ0n) is 12.6. The molecule has 1 aromatic carbocycles. The normalized spacial score (nSPS) is 20.3. The summed E-state index contributed by atoms with van der Waals surface area (Å²) >= 11 is 0. The molecule has 1 aliphatic carbocycles. The number of hydrogen-bond acceptors (Lipinski definition) is 3. The molecule has 0 aliphatic heterocycles. The molecule has 0 unspecified atom stereocenters. The highest BCUT2D eigenvalue weighted by molar-refractivity contribution is 5.78. The first-order chi connectivity index (χ1) is 11.0. The summed E-state index contributed by atoms with van der Waals surface area (Å²) in [5.41, 5.74) is 0. The van der Waals surface area contributed by atoms with Crippen LogP contribution in [0.4, 0.5) is 8.78 Å². The lowest BCUT2D eigenvalue weighted by Gasteiger charge is -2.17.